The highest BCUT2D eigenvalue weighted by molar-refractivity contribution is 5.71. The molecule has 106 valence electrons. The molecule has 1 saturated heterocycles. The van der Waals surface area contributed by atoms with Crippen LogP contribution < -0.4 is 4.90 Å². The molecule has 1 unspecified atom stereocenters. The van der Waals surface area contributed by atoms with E-state index < -0.39 is 0 Å². The van der Waals surface area contributed by atoms with Crippen molar-refractivity contribution in [2.45, 2.75) is 33.1 Å². The molecule has 2 aromatic rings. The van der Waals surface area contributed by atoms with Gasteiger partial charge >= 0.3 is 0 Å². The van der Waals surface area contributed by atoms with Crippen LogP contribution in [-0.2, 0) is 0 Å². The minimum absolute atomic E-state index is 0.746. The summed E-state index contributed by atoms with van der Waals surface area (Å²) in [6, 6.07) is 4.10. The van der Waals surface area contributed by atoms with Crippen molar-refractivity contribution in [1.82, 2.24) is 15.0 Å². The summed E-state index contributed by atoms with van der Waals surface area (Å²) in [4.78, 5) is 15.6. The average Bonchev–Trinajstić information content (AvgIpc) is 2.98. The molecule has 2 aromatic heterocycles. The maximum Gasteiger partial charge on any atom is 0.180 e. The molecule has 4 nitrogen and oxygen atoms in total. The highest BCUT2D eigenvalue weighted by Gasteiger charge is 2.28. The fourth-order valence-electron chi connectivity index (χ4n) is 3.36. The maximum absolute atomic E-state index is 4.65. The van der Waals surface area contributed by atoms with Gasteiger partial charge in [0, 0.05) is 25.5 Å². The Morgan fingerprint density at radius 3 is 2.80 bits per heavy atom. The Labute approximate surface area is 120 Å². The maximum atomic E-state index is 4.65. The Kier molecular flexibility index (Phi) is 3.81. The first-order chi connectivity index (χ1) is 9.81. The Morgan fingerprint density at radius 1 is 1.20 bits per heavy atom. The molecule has 20 heavy (non-hydrogen) atoms. The molecule has 1 aliphatic rings. The first-order valence-corrected chi connectivity index (χ1v) is 7.64. The number of pyridine rings is 1. The van der Waals surface area contributed by atoms with Crippen LogP contribution in [0.2, 0.25) is 0 Å². The van der Waals surface area contributed by atoms with Crippen molar-refractivity contribution in [2.24, 2.45) is 11.8 Å². The van der Waals surface area contributed by atoms with Crippen LogP contribution in [0.4, 0.5) is 5.82 Å². The lowest BCUT2D eigenvalue weighted by Crippen LogP contribution is -2.23. The first kappa shape index (κ1) is 13.3. The smallest absolute Gasteiger partial charge is 0.180 e. The van der Waals surface area contributed by atoms with Gasteiger partial charge in [0.15, 0.2) is 5.65 Å². The lowest BCUT2D eigenvalue weighted by Gasteiger charge is -2.22. The number of fused-ring (bicyclic) bond motifs is 1. The van der Waals surface area contributed by atoms with E-state index in [1.54, 1.807) is 12.4 Å². The van der Waals surface area contributed by atoms with Gasteiger partial charge in [-0.2, -0.15) is 0 Å². The molecule has 0 amide bonds. The van der Waals surface area contributed by atoms with Crippen LogP contribution in [0.5, 0.6) is 0 Å². The van der Waals surface area contributed by atoms with Crippen LogP contribution in [0.3, 0.4) is 0 Å². The second-order valence-electron chi connectivity index (χ2n) is 5.64. The molecule has 0 spiro atoms. The van der Waals surface area contributed by atoms with Gasteiger partial charge in [-0.1, -0.05) is 26.7 Å². The zero-order valence-corrected chi connectivity index (χ0v) is 12.3. The van der Waals surface area contributed by atoms with Crippen molar-refractivity contribution in [1.29, 1.82) is 0 Å². The van der Waals surface area contributed by atoms with Gasteiger partial charge in [0.2, 0.25) is 0 Å². The molecule has 3 rings (SSSR count). The minimum atomic E-state index is 0.746. The van der Waals surface area contributed by atoms with E-state index in [1.807, 2.05) is 6.07 Å². The van der Waals surface area contributed by atoms with Gasteiger partial charge in [-0.25, -0.2) is 9.97 Å². The third-order valence-corrected chi connectivity index (χ3v) is 4.58. The summed E-state index contributed by atoms with van der Waals surface area (Å²) in [5, 5.41) is 0. The van der Waals surface area contributed by atoms with Crippen molar-refractivity contribution in [3.8, 4) is 0 Å². The number of nitrogens with zero attached hydrogens (tertiary/aromatic N) is 4. The monoisotopic (exact) mass is 270 g/mol. The van der Waals surface area contributed by atoms with E-state index >= 15 is 0 Å². The Morgan fingerprint density at radius 2 is 2.00 bits per heavy atom. The summed E-state index contributed by atoms with van der Waals surface area (Å²) in [5.41, 5.74) is 1.61. The lowest BCUT2D eigenvalue weighted by atomic mass is 9.87. The van der Waals surface area contributed by atoms with Crippen molar-refractivity contribution in [2.75, 3.05) is 18.0 Å². The van der Waals surface area contributed by atoms with E-state index in [2.05, 4.69) is 39.8 Å². The van der Waals surface area contributed by atoms with Crippen molar-refractivity contribution < 1.29 is 0 Å². The summed E-state index contributed by atoms with van der Waals surface area (Å²) in [7, 11) is 0. The Bertz CT molecular complexity index is 579. The summed E-state index contributed by atoms with van der Waals surface area (Å²) in [6.07, 6.45) is 7.27. The quantitative estimate of drug-likeness (QED) is 0.855. The third kappa shape index (κ3) is 2.47. The van der Waals surface area contributed by atoms with Crippen LogP contribution in [0.25, 0.3) is 11.2 Å². The normalized spacial score (nSPS) is 19.1. The fraction of sp³-hybridized carbons (Fsp3) is 0.562. The lowest BCUT2D eigenvalue weighted by molar-refractivity contribution is 0.339. The number of aromatic nitrogens is 3. The molecule has 0 N–H and O–H groups in total. The molecular formula is C16H22N4. The number of hydrogen-bond donors (Lipinski definition) is 0. The summed E-state index contributed by atoms with van der Waals surface area (Å²) < 4.78 is 0. The molecular weight excluding hydrogens is 248 g/mol. The van der Waals surface area contributed by atoms with Gasteiger partial charge in [-0.3, -0.25) is 4.98 Å². The van der Waals surface area contributed by atoms with Gasteiger partial charge < -0.3 is 4.90 Å². The first-order valence-electron chi connectivity index (χ1n) is 7.64. The molecule has 1 fully saturated rings. The predicted molar refractivity (Wildman–Crippen MR) is 81.7 cm³/mol. The average molecular weight is 270 g/mol. The van der Waals surface area contributed by atoms with Gasteiger partial charge in [-0.15, -0.1) is 0 Å². The summed E-state index contributed by atoms with van der Waals surface area (Å²) in [6.45, 7) is 6.85. The van der Waals surface area contributed by atoms with Crippen LogP contribution in [0, 0.1) is 11.8 Å². The summed E-state index contributed by atoms with van der Waals surface area (Å²) >= 11 is 0. The van der Waals surface area contributed by atoms with Gasteiger partial charge in [0.25, 0.3) is 0 Å². The third-order valence-electron chi connectivity index (χ3n) is 4.58. The van der Waals surface area contributed by atoms with E-state index in [9.17, 15) is 0 Å². The molecule has 1 aliphatic heterocycles. The van der Waals surface area contributed by atoms with E-state index in [4.69, 9.17) is 0 Å². The molecule has 0 aromatic carbocycles. The molecule has 4 heteroatoms. The summed E-state index contributed by atoms with van der Waals surface area (Å²) in [5.74, 6) is 2.70. The molecule has 0 aliphatic carbocycles. The van der Waals surface area contributed by atoms with Gasteiger partial charge in [0.1, 0.15) is 11.3 Å². The standard InChI is InChI=1S/C16H22N4/c1-3-12(4-2)13-7-10-20(11-13)15-6-5-14-16(19-15)18-9-8-17-14/h5-6,8-9,12-13H,3-4,7,10-11H2,1-2H3. The van der Waals surface area contributed by atoms with Gasteiger partial charge in [0.05, 0.1) is 0 Å². The molecule has 0 radical (unpaired) electrons. The van der Waals surface area contributed by atoms with Crippen molar-refractivity contribution in [3.63, 3.8) is 0 Å². The van der Waals surface area contributed by atoms with Crippen LogP contribution in [0.15, 0.2) is 24.5 Å². The van der Waals surface area contributed by atoms with E-state index in [0.29, 0.717) is 0 Å². The fourth-order valence-corrected chi connectivity index (χ4v) is 3.36. The second kappa shape index (κ2) is 5.73. The molecule has 0 saturated carbocycles. The number of rotatable bonds is 4. The molecule has 0 bridgehead atoms. The minimum Gasteiger partial charge on any atom is -0.356 e. The van der Waals surface area contributed by atoms with Gasteiger partial charge in [-0.05, 0) is 30.4 Å². The zero-order valence-electron chi connectivity index (χ0n) is 12.3. The Hall–Kier alpha value is -1.71. The van der Waals surface area contributed by atoms with E-state index in [-0.39, 0.29) is 0 Å². The van der Waals surface area contributed by atoms with E-state index in [1.165, 1.54) is 19.3 Å². The predicted octanol–water partition coefficient (Wildman–Crippen LogP) is 3.29. The van der Waals surface area contributed by atoms with Crippen LogP contribution >= 0.6 is 0 Å². The SMILES string of the molecule is CCC(CC)C1CCN(c2ccc3nccnc3n2)C1. The molecule has 1 atom stereocenters. The largest absolute Gasteiger partial charge is 0.356 e. The second-order valence-corrected chi connectivity index (χ2v) is 5.64. The highest BCUT2D eigenvalue weighted by Crippen LogP contribution is 2.31. The van der Waals surface area contributed by atoms with Crippen LogP contribution in [0.1, 0.15) is 33.1 Å². The Balaban J connectivity index is 1.79. The number of hydrogen-bond acceptors (Lipinski definition) is 4. The zero-order chi connectivity index (χ0) is 13.9. The van der Waals surface area contributed by atoms with Crippen LogP contribution in [-0.4, -0.2) is 28.0 Å². The molecule has 3 heterocycles. The number of anilines is 1. The topological polar surface area (TPSA) is 41.9 Å². The van der Waals surface area contributed by atoms with E-state index in [0.717, 1.165) is 41.9 Å². The van der Waals surface area contributed by atoms with Crippen molar-refractivity contribution in [3.05, 3.63) is 24.5 Å². The van der Waals surface area contributed by atoms with Crippen molar-refractivity contribution >= 4 is 17.0 Å². The highest BCUT2D eigenvalue weighted by atomic mass is 15.2.